The van der Waals surface area contributed by atoms with Crippen molar-refractivity contribution < 1.29 is 18.7 Å². The highest BCUT2D eigenvalue weighted by Gasteiger charge is 2.51. The number of rotatable bonds is 7. The van der Waals surface area contributed by atoms with Gasteiger partial charge in [-0.25, -0.2) is 4.39 Å². The SMILES string of the molecule is Cc1ccc(NC(=O)c2cc(F)cc(N3CCOCC3)c2)cc1C1=NNC(C(=O)NCC23CC4CC(CC(C4)C2)C3)C1. The number of halogens is 1. The van der Waals surface area contributed by atoms with Gasteiger partial charge in [0.25, 0.3) is 5.91 Å². The molecule has 5 fully saturated rings. The van der Waals surface area contributed by atoms with Crippen LogP contribution in [0.5, 0.6) is 0 Å². The second-order valence-corrected chi connectivity index (χ2v) is 13.4. The average molecular weight is 574 g/mol. The van der Waals surface area contributed by atoms with Crippen LogP contribution in [0.2, 0.25) is 0 Å². The number of hydrogen-bond acceptors (Lipinski definition) is 6. The van der Waals surface area contributed by atoms with Crippen molar-refractivity contribution in [2.75, 3.05) is 43.1 Å². The van der Waals surface area contributed by atoms with E-state index in [4.69, 9.17) is 4.74 Å². The van der Waals surface area contributed by atoms with Crippen molar-refractivity contribution in [3.05, 3.63) is 58.9 Å². The van der Waals surface area contributed by atoms with Gasteiger partial charge in [-0.1, -0.05) is 6.07 Å². The second kappa shape index (κ2) is 11.0. The van der Waals surface area contributed by atoms with E-state index < -0.39 is 11.9 Å². The van der Waals surface area contributed by atoms with Crippen molar-refractivity contribution in [3.63, 3.8) is 0 Å². The molecule has 222 valence electrons. The Balaban J connectivity index is 0.983. The van der Waals surface area contributed by atoms with Crippen LogP contribution in [0.25, 0.3) is 0 Å². The molecule has 1 atom stereocenters. The van der Waals surface area contributed by atoms with Crippen LogP contribution in [0.1, 0.15) is 66.4 Å². The number of benzene rings is 2. The molecule has 4 bridgehead atoms. The molecule has 3 N–H and O–H groups in total. The zero-order valence-corrected chi connectivity index (χ0v) is 24.3. The standard InChI is InChI=1S/C33H40FN5O3/c1-20-2-3-26(36-31(40)24-11-25(34)13-27(12-24)39-4-6-42-7-5-39)14-28(20)29-15-30(38-37-29)32(41)35-19-33-16-21-8-22(17-33)10-23(9-21)18-33/h2-3,11-14,21-23,30,38H,4-10,15-19H2,1H3,(H,35,41)(H,36,40). The van der Waals surface area contributed by atoms with E-state index in [1.54, 1.807) is 6.07 Å². The highest BCUT2D eigenvalue weighted by Crippen LogP contribution is 2.59. The maximum absolute atomic E-state index is 14.5. The Morgan fingerprint density at radius 2 is 1.76 bits per heavy atom. The van der Waals surface area contributed by atoms with Crippen molar-refractivity contribution in [3.8, 4) is 0 Å². The van der Waals surface area contributed by atoms with Crippen LogP contribution in [0.4, 0.5) is 15.8 Å². The molecule has 0 spiro atoms. The fourth-order valence-corrected chi connectivity index (χ4v) is 8.59. The van der Waals surface area contributed by atoms with Gasteiger partial charge < -0.3 is 20.3 Å². The van der Waals surface area contributed by atoms with Gasteiger partial charge in [0.1, 0.15) is 11.9 Å². The molecule has 4 saturated carbocycles. The largest absolute Gasteiger partial charge is 0.378 e. The number of nitrogens with zero attached hydrogens (tertiary/aromatic N) is 2. The lowest BCUT2D eigenvalue weighted by Gasteiger charge is -2.57. The summed E-state index contributed by atoms with van der Waals surface area (Å²) in [6.45, 7) is 5.23. The molecule has 8 rings (SSSR count). The minimum atomic E-state index is -0.451. The number of carbonyl (C=O) groups is 2. The summed E-state index contributed by atoms with van der Waals surface area (Å²) in [4.78, 5) is 28.4. The Labute approximate surface area is 246 Å². The van der Waals surface area contributed by atoms with Crippen LogP contribution in [-0.2, 0) is 9.53 Å². The molecule has 2 aliphatic heterocycles. The van der Waals surface area contributed by atoms with Gasteiger partial charge in [0.05, 0.1) is 18.9 Å². The number of amides is 2. The van der Waals surface area contributed by atoms with E-state index in [1.807, 2.05) is 30.0 Å². The summed E-state index contributed by atoms with van der Waals surface area (Å²) in [5.41, 5.74) is 7.54. The van der Waals surface area contributed by atoms with E-state index in [0.717, 1.165) is 41.1 Å². The molecule has 0 radical (unpaired) electrons. The van der Waals surface area contributed by atoms with Gasteiger partial charge in [-0.05, 0) is 105 Å². The molecular weight excluding hydrogens is 533 g/mol. The normalized spacial score (nSPS) is 29.7. The minimum Gasteiger partial charge on any atom is -0.378 e. The molecule has 1 saturated heterocycles. The number of hydrazone groups is 1. The molecule has 42 heavy (non-hydrogen) atoms. The number of carbonyl (C=O) groups excluding carboxylic acids is 2. The predicted molar refractivity (Wildman–Crippen MR) is 160 cm³/mol. The van der Waals surface area contributed by atoms with E-state index in [9.17, 15) is 14.0 Å². The first kappa shape index (κ1) is 27.4. The smallest absolute Gasteiger partial charge is 0.255 e. The first-order valence-electron chi connectivity index (χ1n) is 15.5. The number of morpholine rings is 1. The van der Waals surface area contributed by atoms with Crippen molar-refractivity contribution >= 4 is 28.9 Å². The summed E-state index contributed by atoms with van der Waals surface area (Å²) in [6.07, 6.45) is 8.46. The molecule has 9 heteroatoms. The Morgan fingerprint density at radius 1 is 1.05 bits per heavy atom. The van der Waals surface area contributed by atoms with Gasteiger partial charge in [0, 0.05) is 48.6 Å². The monoisotopic (exact) mass is 573 g/mol. The minimum absolute atomic E-state index is 0.00813. The second-order valence-electron chi connectivity index (χ2n) is 13.4. The molecule has 2 amide bonds. The summed E-state index contributed by atoms with van der Waals surface area (Å²) >= 11 is 0. The van der Waals surface area contributed by atoms with Gasteiger partial charge in [-0.2, -0.15) is 5.10 Å². The van der Waals surface area contributed by atoms with E-state index in [-0.39, 0.29) is 17.4 Å². The molecule has 4 aliphatic carbocycles. The number of nitrogens with one attached hydrogen (secondary N) is 3. The van der Waals surface area contributed by atoms with Crippen LogP contribution >= 0.6 is 0 Å². The number of ether oxygens (including phenoxy) is 1. The summed E-state index contributed by atoms with van der Waals surface area (Å²) in [5, 5.41) is 10.7. The Morgan fingerprint density at radius 3 is 2.48 bits per heavy atom. The fraction of sp³-hybridized carbons (Fsp3) is 0.545. The van der Waals surface area contributed by atoms with Crippen LogP contribution in [0, 0.1) is 35.9 Å². The lowest BCUT2D eigenvalue weighted by Crippen LogP contribution is -2.52. The molecule has 1 unspecified atom stereocenters. The van der Waals surface area contributed by atoms with E-state index in [1.165, 1.54) is 50.7 Å². The molecule has 2 heterocycles. The van der Waals surface area contributed by atoms with Crippen molar-refractivity contribution in [1.29, 1.82) is 0 Å². The fourth-order valence-electron chi connectivity index (χ4n) is 8.59. The number of aryl methyl sites for hydroxylation is 1. The third kappa shape index (κ3) is 5.51. The van der Waals surface area contributed by atoms with Crippen LogP contribution in [-0.4, -0.2) is 56.4 Å². The third-order valence-corrected chi connectivity index (χ3v) is 10.2. The maximum atomic E-state index is 14.5. The highest BCUT2D eigenvalue weighted by atomic mass is 19.1. The quantitative estimate of drug-likeness (QED) is 0.449. The summed E-state index contributed by atoms with van der Waals surface area (Å²) in [5.74, 6) is 1.75. The van der Waals surface area contributed by atoms with Gasteiger partial charge in [0.2, 0.25) is 5.91 Å². The first-order chi connectivity index (χ1) is 20.3. The summed E-state index contributed by atoms with van der Waals surface area (Å²) < 4.78 is 19.8. The molecule has 8 nitrogen and oxygen atoms in total. The van der Waals surface area contributed by atoms with Gasteiger partial charge in [-0.3, -0.25) is 15.0 Å². The highest BCUT2D eigenvalue weighted by molar-refractivity contribution is 6.08. The molecule has 2 aromatic rings. The predicted octanol–water partition coefficient (Wildman–Crippen LogP) is 4.62. The average Bonchev–Trinajstić information content (AvgIpc) is 3.47. The van der Waals surface area contributed by atoms with Crippen molar-refractivity contribution in [2.24, 2.45) is 28.3 Å². The zero-order chi connectivity index (χ0) is 28.8. The number of anilines is 2. The Hall–Kier alpha value is -3.46. The Bertz CT molecular complexity index is 1380. The zero-order valence-electron chi connectivity index (χ0n) is 24.3. The lowest BCUT2D eigenvalue weighted by molar-refractivity contribution is -0.125. The van der Waals surface area contributed by atoms with Crippen LogP contribution in [0.3, 0.4) is 0 Å². The topological polar surface area (TPSA) is 95.1 Å². The van der Waals surface area contributed by atoms with E-state index >= 15 is 0 Å². The number of hydrogen-bond donors (Lipinski definition) is 3. The Kier molecular flexibility index (Phi) is 7.16. The van der Waals surface area contributed by atoms with Gasteiger partial charge >= 0.3 is 0 Å². The third-order valence-electron chi connectivity index (χ3n) is 10.2. The van der Waals surface area contributed by atoms with Crippen LogP contribution < -0.4 is 21.0 Å². The van der Waals surface area contributed by atoms with Crippen molar-refractivity contribution in [1.82, 2.24) is 10.7 Å². The summed E-state index contributed by atoms with van der Waals surface area (Å²) in [6, 6.07) is 9.66. The van der Waals surface area contributed by atoms with Crippen molar-refractivity contribution in [2.45, 2.75) is 57.9 Å². The first-order valence-corrected chi connectivity index (χ1v) is 15.5. The van der Waals surface area contributed by atoms with Gasteiger partial charge in [-0.15, -0.1) is 0 Å². The van der Waals surface area contributed by atoms with Gasteiger partial charge in [0.15, 0.2) is 0 Å². The lowest BCUT2D eigenvalue weighted by atomic mass is 9.49. The molecule has 0 aromatic heterocycles. The van der Waals surface area contributed by atoms with E-state index in [2.05, 4.69) is 21.2 Å². The molecular formula is C33H40FN5O3. The maximum Gasteiger partial charge on any atom is 0.255 e. The molecule has 2 aromatic carbocycles. The molecule has 6 aliphatic rings. The van der Waals surface area contributed by atoms with E-state index in [0.29, 0.717) is 49.5 Å². The van der Waals surface area contributed by atoms with Crippen LogP contribution in [0.15, 0.2) is 41.5 Å². The summed E-state index contributed by atoms with van der Waals surface area (Å²) in [7, 11) is 0.